The molecule has 1 aromatic carbocycles. The molecular formula is C14H12FN5O3. The molecule has 0 saturated heterocycles. The number of hydrogen-bond donors (Lipinski definition) is 2. The van der Waals surface area contributed by atoms with Crippen molar-refractivity contribution in [3.63, 3.8) is 0 Å². The molecular weight excluding hydrogens is 305 g/mol. The number of aromatic nitrogens is 3. The molecule has 2 aromatic heterocycles. The van der Waals surface area contributed by atoms with Gasteiger partial charge in [0.2, 0.25) is 17.7 Å². The van der Waals surface area contributed by atoms with E-state index in [9.17, 15) is 9.18 Å². The normalized spacial score (nSPS) is 10.9. The summed E-state index contributed by atoms with van der Waals surface area (Å²) in [5.74, 6) is -1.18. The Labute approximate surface area is 129 Å². The molecule has 23 heavy (non-hydrogen) atoms. The Bertz CT molecular complexity index is 889. The summed E-state index contributed by atoms with van der Waals surface area (Å²) in [7, 11) is 0. The molecule has 0 saturated carbocycles. The molecule has 0 bridgehead atoms. The van der Waals surface area contributed by atoms with Crippen LogP contribution in [0.25, 0.3) is 11.0 Å². The summed E-state index contributed by atoms with van der Waals surface area (Å²) in [6.45, 7) is 1.39. The number of anilines is 2. The maximum absolute atomic E-state index is 13.3. The van der Waals surface area contributed by atoms with E-state index < -0.39 is 11.8 Å². The van der Waals surface area contributed by atoms with Gasteiger partial charge in [0, 0.05) is 10.9 Å². The molecule has 0 radical (unpaired) electrons. The van der Waals surface area contributed by atoms with Crippen LogP contribution in [-0.4, -0.2) is 20.9 Å². The highest BCUT2D eigenvalue weighted by Crippen LogP contribution is 2.26. The van der Waals surface area contributed by atoms with E-state index >= 15 is 0 Å². The van der Waals surface area contributed by atoms with Gasteiger partial charge in [0.15, 0.2) is 12.4 Å². The Balaban J connectivity index is 1.82. The minimum absolute atomic E-state index is 0.0133. The summed E-state index contributed by atoms with van der Waals surface area (Å²) in [5, 5.41) is 0.505. The van der Waals surface area contributed by atoms with E-state index in [4.69, 9.17) is 20.6 Å². The first kappa shape index (κ1) is 14.7. The number of furan rings is 1. The van der Waals surface area contributed by atoms with Crippen LogP contribution < -0.4 is 11.5 Å². The quantitative estimate of drug-likeness (QED) is 0.696. The number of nitrogens with two attached hydrogens (primary N) is 2. The SMILES string of the molecule is Cc1c(C(=O)OCc2nc(N)nc(N)n2)oc2ccc(F)cc12. The van der Waals surface area contributed by atoms with Crippen LogP contribution in [0, 0.1) is 12.7 Å². The molecule has 0 fully saturated rings. The van der Waals surface area contributed by atoms with Crippen molar-refractivity contribution in [1.82, 2.24) is 15.0 Å². The Morgan fingerprint density at radius 2 is 1.96 bits per heavy atom. The van der Waals surface area contributed by atoms with Crippen molar-refractivity contribution in [2.24, 2.45) is 0 Å². The number of rotatable bonds is 3. The van der Waals surface area contributed by atoms with Crippen LogP contribution in [-0.2, 0) is 11.3 Å². The fourth-order valence-electron chi connectivity index (χ4n) is 2.10. The van der Waals surface area contributed by atoms with E-state index in [0.717, 1.165) is 0 Å². The second-order valence-corrected chi connectivity index (χ2v) is 4.74. The fraction of sp³-hybridized carbons (Fsp3) is 0.143. The monoisotopic (exact) mass is 317 g/mol. The van der Waals surface area contributed by atoms with Crippen LogP contribution in [0.3, 0.4) is 0 Å². The van der Waals surface area contributed by atoms with Gasteiger partial charge in [-0.2, -0.15) is 15.0 Å². The first-order valence-electron chi connectivity index (χ1n) is 6.55. The minimum atomic E-state index is -0.725. The van der Waals surface area contributed by atoms with Crippen molar-refractivity contribution >= 4 is 28.8 Å². The lowest BCUT2D eigenvalue weighted by molar-refractivity contribution is 0.0427. The summed E-state index contributed by atoms with van der Waals surface area (Å²) in [4.78, 5) is 23.3. The smallest absolute Gasteiger partial charge is 0.375 e. The van der Waals surface area contributed by atoms with Gasteiger partial charge >= 0.3 is 5.97 Å². The van der Waals surface area contributed by atoms with E-state index in [2.05, 4.69) is 15.0 Å². The van der Waals surface area contributed by atoms with E-state index in [0.29, 0.717) is 16.5 Å². The molecule has 3 aromatic rings. The Kier molecular flexibility index (Phi) is 3.53. The zero-order chi connectivity index (χ0) is 16.6. The lowest BCUT2D eigenvalue weighted by atomic mass is 10.1. The second kappa shape index (κ2) is 5.52. The summed E-state index contributed by atoms with van der Waals surface area (Å²) in [6.07, 6.45) is 0. The van der Waals surface area contributed by atoms with E-state index in [1.807, 2.05) is 0 Å². The third-order valence-corrected chi connectivity index (χ3v) is 3.13. The molecule has 118 valence electrons. The summed E-state index contributed by atoms with van der Waals surface area (Å²) < 4.78 is 23.8. The third kappa shape index (κ3) is 2.89. The van der Waals surface area contributed by atoms with Gasteiger partial charge in [-0.3, -0.25) is 0 Å². The zero-order valence-electron chi connectivity index (χ0n) is 12.0. The molecule has 0 aliphatic carbocycles. The number of carbonyl (C=O) groups is 1. The molecule has 9 heteroatoms. The van der Waals surface area contributed by atoms with Gasteiger partial charge in [-0.15, -0.1) is 0 Å². The van der Waals surface area contributed by atoms with Gasteiger partial charge in [0.1, 0.15) is 11.4 Å². The lowest BCUT2D eigenvalue weighted by Gasteiger charge is -2.03. The Morgan fingerprint density at radius 3 is 2.65 bits per heavy atom. The highest BCUT2D eigenvalue weighted by molar-refractivity contribution is 5.95. The lowest BCUT2D eigenvalue weighted by Crippen LogP contribution is -2.11. The third-order valence-electron chi connectivity index (χ3n) is 3.13. The van der Waals surface area contributed by atoms with Crippen molar-refractivity contribution in [1.29, 1.82) is 0 Å². The molecule has 0 atom stereocenters. The number of ether oxygens (including phenoxy) is 1. The molecule has 0 aliphatic rings. The number of benzene rings is 1. The molecule has 0 unspecified atom stereocenters. The van der Waals surface area contributed by atoms with Crippen molar-refractivity contribution < 1.29 is 18.3 Å². The summed E-state index contributed by atoms with van der Waals surface area (Å²) in [5.41, 5.74) is 11.7. The van der Waals surface area contributed by atoms with Crippen molar-refractivity contribution in [3.8, 4) is 0 Å². The largest absolute Gasteiger partial charge is 0.452 e. The van der Waals surface area contributed by atoms with E-state index in [-0.39, 0.29) is 30.1 Å². The van der Waals surface area contributed by atoms with Crippen molar-refractivity contribution in [2.45, 2.75) is 13.5 Å². The molecule has 2 heterocycles. The number of carbonyl (C=O) groups excluding carboxylic acids is 1. The topological polar surface area (TPSA) is 130 Å². The van der Waals surface area contributed by atoms with Gasteiger partial charge in [0.05, 0.1) is 0 Å². The average molecular weight is 317 g/mol. The van der Waals surface area contributed by atoms with Gasteiger partial charge in [-0.05, 0) is 25.1 Å². The predicted molar refractivity (Wildman–Crippen MR) is 78.7 cm³/mol. The van der Waals surface area contributed by atoms with Gasteiger partial charge in [0.25, 0.3) is 0 Å². The number of esters is 1. The number of aryl methyl sites for hydroxylation is 1. The first-order chi connectivity index (χ1) is 10.9. The second-order valence-electron chi connectivity index (χ2n) is 4.74. The van der Waals surface area contributed by atoms with Gasteiger partial charge < -0.3 is 20.6 Å². The van der Waals surface area contributed by atoms with Crippen LogP contribution >= 0.6 is 0 Å². The molecule has 8 nitrogen and oxygen atoms in total. The van der Waals surface area contributed by atoms with Crippen LogP contribution in [0.2, 0.25) is 0 Å². The standard InChI is InChI=1S/C14H12FN5O3/c1-6-8-4-7(15)2-3-9(8)23-11(6)12(21)22-5-10-18-13(16)20-14(17)19-10/h2-4H,5H2,1H3,(H4,16,17,18,19,20). The highest BCUT2D eigenvalue weighted by Gasteiger charge is 2.20. The van der Waals surface area contributed by atoms with Crippen LogP contribution in [0.5, 0.6) is 0 Å². The van der Waals surface area contributed by atoms with Crippen LogP contribution in [0.1, 0.15) is 21.9 Å². The minimum Gasteiger partial charge on any atom is -0.452 e. The highest BCUT2D eigenvalue weighted by atomic mass is 19.1. The molecule has 4 N–H and O–H groups in total. The zero-order valence-corrected chi connectivity index (χ0v) is 12.0. The predicted octanol–water partition coefficient (Wildman–Crippen LogP) is 1.59. The van der Waals surface area contributed by atoms with Crippen LogP contribution in [0.15, 0.2) is 22.6 Å². The van der Waals surface area contributed by atoms with Gasteiger partial charge in [-0.25, -0.2) is 9.18 Å². The van der Waals surface area contributed by atoms with Gasteiger partial charge in [-0.1, -0.05) is 0 Å². The number of halogens is 1. The maximum Gasteiger partial charge on any atom is 0.375 e. The number of nitrogens with zero attached hydrogens (tertiary/aromatic N) is 3. The number of fused-ring (bicyclic) bond motifs is 1. The average Bonchev–Trinajstić information content (AvgIpc) is 2.81. The summed E-state index contributed by atoms with van der Waals surface area (Å²) in [6, 6.07) is 3.98. The number of hydrogen-bond acceptors (Lipinski definition) is 8. The fourth-order valence-corrected chi connectivity index (χ4v) is 2.10. The van der Waals surface area contributed by atoms with Crippen molar-refractivity contribution in [2.75, 3.05) is 11.5 Å². The Hall–Kier alpha value is -3.23. The van der Waals surface area contributed by atoms with Crippen LogP contribution in [0.4, 0.5) is 16.3 Å². The van der Waals surface area contributed by atoms with E-state index in [1.165, 1.54) is 18.2 Å². The molecule has 0 aliphatic heterocycles. The Morgan fingerprint density at radius 1 is 1.26 bits per heavy atom. The van der Waals surface area contributed by atoms with E-state index in [1.54, 1.807) is 6.92 Å². The molecule has 0 spiro atoms. The first-order valence-corrected chi connectivity index (χ1v) is 6.55. The summed E-state index contributed by atoms with van der Waals surface area (Å²) >= 11 is 0. The molecule has 0 amide bonds. The number of nitrogen functional groups attached to an aromatic ring is 2. The maximum atomic E-state index is 13.3. The van der Waals surface area contributed by atoms with Crippen molar-refractivity contribution in [3.05, 3.63) is 41.2 Å². The molecule has 3 rings (SSSR count).